The van der Waals surface area contributed by atoms with Crippen LogP contribution in [0.4, 0.5) is 0 Å². The van der Waals surface area contributed by atoms with Crippen molar-refractivity contribution in [2.75, 3.05) is 6.54 Å². The van der Waals surface area contributed by atoms with E-state index in [0.29, 0.717) is 6.42 Å². The highest BCUT2D eigenvalue weighted by atomic mass is 32.1. The van der Waals surface area contributed by atoms with Crippen LogP contribution in [0.5, 0.6) is 0 Å². The maximum Gasteiger partial charge on any atom is 0.315 e. The zero-order valence-corrected chi connectivity index (χ0v) is 12.4. The quantitative estimate of drug-likeness (QED) is 0.885. The van der Waals surface area contributed by atoms with Crippen LogP contribution < -0.4 is 5.73 Å². The fraction of sp³-hybridized carbons (Fsp3) is 0.333. The van der Waals surface area contributed by atoms with Gasteiger partial charge < -0.3 is 10.8 Å². The number of nitrogens with zero attached hydrogens (tertiary/aromatic N) is 1. The molecule has 1 aromatic heterocycles. The van der Waals surface area contributed by atoms with E-state index in [1.54, 1.807) is 6.20 Å². The third-order valence-electron chi connectivity index (χ3n) is 3.47. The molecular formula is C15H18N2O2S. The zero-order valence-electron chi connectivity index (χ0n) is 11.6. The summed E-state index contributed by atoms with van der Waals surface area (Å²) < 4.78 is 0. The fourth-order valence-electron chi connectivity index (χ4n) is 2.31. The normalized spacial score (nSPS) is 13.9. The van der Waals surface area contributed by atoms with E-state index in [9.17, 15) is 9.90 Å². The summed E-state index contributed by atoms with van der Waals surface area (Å²) in [6, 6.07) is 7.55. The van der Waals surface area contributed by atoms with Gasteiger partial charge in [-0.2, -0.15) is 0 Å². The van der Waals surface area contributed by atoms with Crippen molar-refractivity contribution < 1.29 is 9.90 Å². The van der Waals surface area contributed by atoms with E-state index in [1.165, 1.54) is 11.3 Å². The van der Waals surface area contributed by atoms with Gasteiger partial charge in [-0.25, -0.2) is 4.98 Å². The van der Waals surface area contributed by atoms with Gasteiger partial charge in [-0.1, -0.05) is 29.8 Å². The molecule has 0 saturated carbocycles. The molecule has 0 bridgehead atoms. The molecule has 5 heteroatoms. The molecule has 0 aliphatic heterocycles. The van der Waals surface area contributed by atoms with Crippen molar-refractivity contribution in [1.29, 1.82) is 0 Å². The van der Waals surface area contributed by atoms with Crippen molar-refractivity contribution in [2.24, 2.45) is 5.73 Å². The highest BCUT2D eigenvalue weighted by molar-refractivity contribution is 7.11. The maximum absolute atomic E-state index is 11.9. The number of aryl methyl sites for hydroxylation is 2. The van der Waals surface area contributed by atoms with E-state index in [2.05, 4.69) is 4.98 Å². The number of hydrogen-bond acceptors (Lipinski definition) is 4. The average Bonchev–Trinajstić information content (AvgIpc) is 2.81. The molecule has 1 atom stereocenters. The van der Waals surface area contributed by atoms with Gasteiger partial charge >= 0.3 is 5.97 Å². The number of nitrogens with two attached hydrogens (primary N) is 1. The van der Waals surface area contributed by atoms with Gasteiger partial charge in [0.1, 0.15) is 5.41 Å². The number of thiazole rings is 1. The van der Waals surface area contributed by atoms with Crippen LogP contribution in [0.25, 0.3) is 0 Å². The summed E-state index contributed by atoms with van der Waals surface area (Å²) in [4.78, 5) is 17.0. The lowest BCUT2D eigenvalue weighted by molar-refractivity contribution is -0.143. The van der Waals surface area contributed by atoms with Crippen LogP contribution in [0.1, 0.15) is 21.0 Å². The molecule has 106 valence electrons. The number of benzene rings is 1. The number of carbonyl (C=O) groups is 1. The van der Waals surface area contributed by atoms with Gasteiger partial charge in [0, 0.05) is 24.0 Å². The van der Waals surface area contributed by atoms with E-state index in [0.717, 1.165) is 21.0 Å². The van der Waals surface area contributed by atoms with Crippen LogP contribution in [0, 0.1) is 13.8 Å². The van der Waals surface area contributed by atoms with Gasteiger partial charge in [0.25, 0.3) is 0 Å². The summed E-state index contributed by atoms with van der Waals surface area (Å²) in [7, 11) is 0. The lowest BCUT2D eigenvalue weighted by Crippen LogP contribution is -2.44. The number of carboxylic acids is 1. The van der Waals surface area contributed by atoms with Crippen molar-refractivity contribution >= 4 is 17.3 Å². The molecule has 0 aliphatic rings. The van der Waals surface area contributed by atoms with Gasteiger partial charge in [0.15, 0.2) is 0 Å². The van der Waals surface area contributed by atoms with Gasteiger partial charge in [-0.15, -0.1) is 11.3 Å². The Balaban J connectivity index is 2.47. The minimum Gasteiger partial charge on any atom is -0.481 e. The SMILES string of the molecule is Cc1cccc(C(CN)(Cc2cnc(C)s2)C(=O)O)c1. The lowest BCUT2D eigenvalue weighted by Gasteiger charge is -2.28. The molecule has 0 saturated heterocycles. The van der Waals surface area contributed by atoms with Crippen LogP contribution in [-0.4, -0.2) is 22.6 Å². The number of rotatable bonds is 5. The van der Waals surface area contributed by atoms with Crippen LogP contribution in [0.15, 0.2) is 30.5 Å². The first-order valence-electron chi connectivity index (χ1n) is 6.40. The molecule has 1 unspecified atom stereocenters. The molecule has 0 amide bonds. The minimum absolute atomic E-state index is 0.0583. The van der Waals surface area contributed by atoms with Crippen molar-refractivity contribution in [3.63, 3.8) is 0 Å². The Labute approximate surface area is 122 Å². The lowest BCUT2D eigenvalue weighted by atomic mass is 9.77. The number of carboxylic acid groups (broad SMARTS) is 1. The minimum atomic E-state index is -1.09. The van der Waals surface area contributed by atoms with Gasteiger partial charge in [-0.3, -0.25) is 4.79 Å². The number of aliphatic carboxylic acids is 1. The molecule has 0 aliphatic carbocycles. The predicted molar refractivity (Wildman–Crippen MR) is 80.1 cm³/mol. The Kier molecular flexibility index (Phi) is 4.20. The third-order valence-corrected chi connectivity index (χ3v) is 4.39. The van der Waals surface area contributed by atoms with Crippen LogP contribution in [-0.2, 0) is 16.6 Å². The fourth-order valence-corrected chi connectivity index (χ4v) is 3.21. The standard InChI is InChI=1S/C15H18N2O2S/c1-10-4-3-5-12(6-10)15(9-16,14(18)19)7-13-8-17-11(2)20-13/h3-6,8H,7,9,16H2,1-2H3,(H,18,19). The molecule has 4 nitrogen and oxygen atoms in total. The van der Waals surface area contributed by atoms with E-state index >= 15 is 0 Å². The van der Waals surface area contributed by atoms with Crippen molar-refractivity contribution in [1.82, 2.24) is 4.98 Å². The molecule has 3 N–H and O–H groups in total. The number of aromatic nitrogens is 1. The van der Waals surface area contributed by atoms with Crippen LogP contribution in [0.2, 0.25) is 0 Å². The first-order chi connectivity index (χ1) is 9.48. The summed E-state index contributed by atoms with van der Waals surface area (Å²) in [6.45, 7) is 3.91. The Morgan fingerprint density at radius 1 is 1.45 bits per heavy atom. The Hall–Kier alpha value is -1.72. The summed E-state index contributed by atoms with van der Waals surface area (Å²) in [5.74, 6) is -0.892. The second kappa shape index (κ2) is 5.73. The average molecular weight is 290 g/mol. The molecule has 0 spiro atoms. The van der Waals surface area contributed by atoms with Crippen molar-refractivity contribution in [3.8, 4) is 0 Å². The molecule has 2 aromatic rings. The van der Waals surface area contributed by atoms with E-state index in [-0.39, 0.29) is 6.54 Å². The third kappa shape index (κ3) is 2.73. The van der Waals surface area contributed by atoms with Gasteiger partial charge in [-0.05, 0) is 19.4 Å². The smallest absolute Gasteiger partial charge is 0.315 e. The Morgan fingerprint density at radius 2 is 2.20 bits per heavy atom. The summed E-state index contributed by atoms with van der Waals surface area (Å²) >= 11 is 1.52. The molecule has 20 heavy (non-hydrogen) atoms. The predicted octanol–water partition coefficient (Wildman–Crippen LogP) is 2.28. The van der Waals surface area contributed by atoms with Crippen LogP contribution in [0.3, 0.4) is 0 Å². The van der Waals surface area contributed by atoms with Crippen LogP contribution >= 0.6 is 11.3 Å². The molecule has 1 heterocycles. The highest BCUT2D eigenvalue weighted by Gasteiger charge is 2.39. The molecule has 2 rings (SSSR count). The first-order valence-corrected chi connectivity index (χ1v) is 7.21. The van der Waals surface area contributed by atoms with E-state index < -0.39 is 11.4 Å². The van der Waals surface area contributed by atoms with Crippen molar-refractivity contribution in [3.05, 3.63) is 51.5 Å². The number of hydrogen-bond donors (Lipinski definition) is 2. The molecule has 0 fully saturated rings. The topological polar surface area (TPSA) is 76.2 Å². The Morgan fingerprint density at radius 3 is 2.70 bits per heavy atom. The summed E-state index contributed by atoms with van der Waals surface area (Å²) in [5, 5.41) is 10.7. The largest absolute Gasteiger partial charge is 0.481 e. The monoisotopic (exact) mass is 290 g/mol. The highest BCUT2D eigenvalue weighted by Crippen LogP contribution is 2.30. The maximum atomic E-state index is 11.9. The molecule has 0 radical (unpaired) electrons. The second-order valence-electron chi connectivity index (χ2n) is 4.98. The van der Waals surface area contributed by atoms with Gasteiger partial charge in [0.2, 0.25) is 0 Å². The summed E-state index contributed by atoms with van der Waals surface area (Å²) in [5.41, 5.74) is 6.53. The molecular weight excluding hydrogens is 272 g/mol. The van der Waals surface area contributed by atoms with E-state index in [4.69, 9.17) is 5.73 Å². The molecule has 1 aromatic carbocycles. The Bertz CT molecular complexity index is 624. The van der Waals surface area contributed by atoms with Gasteiger partial charge in [0.05, 0.1) is 5.01 Å². The second-order valence-corrected chi connectivity index (χ2v) is 6.30. The first kappa shape index (κ1) is 14.7. The summed E-state index contributed by atoms with van der Waals surface area (Å²) in [6.07, 6.45) is 2.11. The van der Waals surface area contributed by atoms with E-state index in [1.807, 2.05) is 38.1 Å². The van der Waals surface area contributed by atoms with Crippen molar-refractivity contribution in [2.45, 2.75) is 25.7 Å². The zero-order chi connectivity index (χ0) is 14.8.